The molecule has 0 rings (SSSR count). The summed E-state index contributed by atoms with van der Waals surface area (Å²) in [6.07, 6.45) is 7.43. The lowest BCUT2D eigenvalue weighted by molar-refractivity contribution is 0.260. The second kappa shape index (κ2) is 7.19. The molecule has 0 aliphatic rings. The maximum atomic E-state index is 5.28. The van der Waals surface area contributed by atoms with Crippen molar-refractivity contribution in [2.45, 2.75) is 32.0 Å². The summed E-state index contributed by atoms with van der Waals surface area (Å²) in [4.78, 5) is 0.426. The predicted molar refractivity (Wildman–Crippen MR) is 62.1 cm³/mol. The van der Waals surface area contributed by atoms with E-state index in [-0.39, 0.29) is 0 Å². The molecule has 0 heterocycles. The number of allylic oxidation sites excluding steroid dienone is 3. The van der Waals surface area contributed by atoms with Crippen molar-refractivity contribution in [2.75, 3.05) is 7.11 Å². The first-order valence-electron chi connectivity index (χ1n) is 4.68. The van der Waals surface area contributed by atoms with Gasteiger partial charge in [-0.1, -0.05) is 41.9 Å². The third-order valence-corrected chi connectivity index (χ3v) is 2.06. The van der Waals surface area contributed by atoms with E-state index < -0.39 is 0 Å². The standard InChI is InChI=1S/C11H19BrO/c1-5-6-11(13-4)9(2)7-8-10(3)12/h6-10H,5H2,1-4H3/b8-7-,11-6+. The molecule has 13 heavy (non-hydrogen) atoms. The van der Waals surface area contributed by atoms with Gasteiger partial charge in [-0.05, 0) is 19.4 Å². The van der Waals surface area contributed by atoms with Crippen LogP contribution in [0.25, 0.3) is 0 Å². The molecule has 0 fully saturated rings. The Morgan fingerprint density at radius 1 is 1.38 bits per heavy atom. The first kappa shape index (κ1) is 12.8. The maximum absolute atomic E-state index is 5.28. The number of methoxy groups -OCH3 is 1. The predicted octanol–water partition coefficient (Wildman–Crippen LogP) is 3.90. The highest BCUT2D eigenvalue weighted by Gasteiger charge is 2.04. The highest BCUT2D eigenvalue weighted by molar-refractivity contribution is 9.09. The Hall–Kier alpha value is -0.240. The summed E-state index contributed by atoms with van der Waals surface area (Å²) in [7, 11) is 1.73. The van der Waals surface area contributed by atoms with Gasteiger partial charge in [0.05, 0.1) is 12.9 Å². The highest BCUT2D eigenvalue weighted by Crippen LogP contribution is 2.14. The Labute approximate surface area is 90.0 Å². The molecule has 0 radical (unpaired) electrons. The molecule has 0 aromatic carbocycles. The van der Waals surface area contributed by atoms with Crippen LogP contribution in [0.15, 0.2) is 24.0 Å². The molecule has 1 nitrogen and oxygen atoms in total. The zero-order valence-corrected chi connectivity index (χ0v) is 10.5. The van der Waals surface area contributed by atoms with Crippen LogP contribution >= 0.6 is 15.9 Å². The molecular formula is C11H19BrO. The first-order valence-corrected chi connectivity index (χ1v) is 5.59. The highest BCUT2D eigenvalue weighted by atomic mass is 79.9. The van der Waals surface area contributed by atoms with Crippen molar-refractivity contribution in [3.05, 3.63) is 24.0 Å². The van der Waals surface area contributed by atoms with E-state index in [1.807, 2.05) is 0 Å². The van der Waals surface area contributed by atoms with Crippen molar-refractivity contribution in [3.63, 3.8) is 0 Å². The van der Waals surface area contributed by atoms with E-state index in [9.17, 15) is 0 Å². The molecule has 0 aromatic heterocycles. The van der Waals surface area contributed by atoms with Gasteiger partial charge in [-0.15, -0.1) is 0 Å². The molecule has 2 unspecified atom stereocenters. The fourth-order valence-corrected chi connectivity index (χ4v) is 1.25. The summed E-state index contributed by atoms with van der Waals surface area (Å²) in [6, 6.07) is 0. The molecule has 0 saturated heterocycles. The van der Waals surface area contributed by atoms with E-state index in [1.54, 1.807) is 7.11 Å². The number of ether oxygens (including phenoxy) is 1. The minimum atomic E-state index is 0.366. The fourth-order valence-electron chi connectivity index (χ4n) is 1.07. The van der Waals surface area contributed by atoms with Crippen molar-refractivity contribution in [1.82, 2.24) is 0 Å². The molecular weight excluding hydrogens is 228 g/mol. The van der Waals surface area contributed by atoms with E-state index in [0.29, 0.717) is 10.7 Å². The summed E-state index contributed by atoms with van der Waals surface area (Å²) in [5.41, 5.74) is 0. The minimum absolute atomic E-state index is 0.366. The van der Waals surface area contributed by atoms with Gasteiger partial charge in [0.25, 0.3) is 0 Å². The van der Waals surface area contributed by atoms with E-state index >= 15 is 0 Å². The van der Waals surface area contributed by atoms with Crippen LogP contribution in [0.5, 0.6) is 0 Å². The van der Waals surface area contributed by atoms with Crippen molar-refractivity contribution in [3.8, 4) is 0 Å². The second-order valence-corrected chi connectivity index (χ2v) is 4.51. The van der Waals surface area contributed by atoms with Crippen LogP contribution in [0.3, 0.4) is 0 Å². The summed E-state index contributed by atoms with van der Waals surface area (Å²) in [6.45, 7) is 6.35. The van der Waals surface area contributed by atoms with Crippen LogP contribution in [0, 0.1) is 5.92 Å². The van der Waals surface area contributed by atoms with Gasteiger partial charge in [-0.3, -0.25) is 0 Å². The van der Waals surface area contributed by atoms with Gasteiger partial charge in [0.15, 0.2) is 0 Å². The average Bonchev–Trinajstić information content (AvgIpc) is 2.10. The van der Waals surface area contributed by atoms with E-state index in [4.69, 9.17) is 4.74 Å². The Morgan fingerprint density at radius 2 is 2.00 bits per heavy atom. The van der Waals surface area contributed by atoms with Crippen LogP contribution in [-0.4, -0.2) is 11.9 Å². The first-order chi connectivity index (χ1) is 6.11. The van der Waals surface area contributed by atoms with Gasteiger partial charge in [0.2, 0.25) is 0 Å². The van der Waals surface area contributed by atoms with Crippen LogP contribution in [0.1, 0.15) is 27.2 Å². The third-order valence-electron chi connectivity index (χ3n) is 1.75. The zero-order chi connectivity index (χ0) is 10.3. The summed E-state index contributed by atoms with van der Waals surface area (Å²) < 4.78 is 5.28. The maximum Gasteiger partial charge on any atom is 0.0981 e. The van der Waals surface area contributed by atoms with Gasteiger partial charge in [-0.25, -0.2) is 0 Å². The molecule has 2 heteroatoms. The molecule has 0 N–H and O–H groups in total. The van der Waals surface area contributed by atoms with Crippen molar-refractivity contribution >= 4 is 15.9 Å². The molecule has 2 atom stereocenters. The monoisotopic (exact) mass is 246 g/mol. The van der Waals surface area contributed by atoms with E-state index in [0.717, 1.165) is 12.2 Å². The van der Waals surface area contributed by atoms with Crippen LogP contribution in [-0.2, 0) is 4.74 Å². The van der Waals surface area contributed by atoms with Crippen molar-refractivity contribution in [2.24, 2.45) is 5.92 Å². The summed E-state index contributed by atoms with van der Waals surface area (Å²) in [5.74, 6) is 1.41. The summed E-state index contributed by atoms with van der Waals surface area (Å²) >= 11 is 3.47. The lowest BCUT2D eigenvalue weighted by Crippen LogP contribution is -1.99. The SMILES string of the molecule is CC/C=C(/OC)C(C)/C=C\C(C)Br. The number of halogens is 1. The number of alkyl halides is 1. The Bertz CT molecular complexity index is 183. The van der Waals surface area contributed by atoms with Crippen molar-refractivity contribution < 1.29 is 4.74 Å². The van der Waals surface area contributed by atoms with E-state index in [2.05, 4.69) is 54.9 Å². The van der Waals surface area contributed by atoms with E-state index in [1.165, 1.54) is 0 Å². The molecule has 0 aromatic rings. The average molecular weight is 247 g/mol. The van der Waals surface area contributed by atoms with Gasteiger partial charge in [0.1, 0.15) is 0 Å². The molecule has 76 valence electrons. The van der Waals surface area contributed by atoms with Gasteiger partial charge in [0, 0.05) is 10.7 Å². The lowest BCUT2D eigenvalue weighted by Gasteiger charge is -2.10. The van der Waals surface area contributed by atoms with Gasteiger partial charge < -0.3 is 4.74 Å². The van der Waals surface area contributed by atoms with Crippen LogP contribution < -0.4 is 0 Å². The Balaban J connectivity index is 4.21. The molecule has 0 bridgehead atoms. The Morgan fingerprint density at radius 3 is 2.38 bits per heavy atom. The smallest absolute Gasteiger partial charge is 0.0981 e. The molecule has 0 spiro atoms. The fraction of sp³-hybridized carbons (Fsp3) is 0.636. The number of rotatable bonds is 5. The van der Waals surface area contributed by atoms with Crippen LogP contribution in [0.2, 0.25) is 0 Å². The lowest BCUT2D eigenvalue weighted by atomic mass is 10.1. The second-order valence-electron chi connectivity index (χ2n) is 3.07. The van der Waals surface area contributed by atoms with Gasteiger partial charge >= 0.3 is 0 Å². The quantitative estimate of drug-likeness (QED) is 0.406. The molecule has 0 aliphatic carbocycles. The topological polar surface area (TPSA) is 9.23 Å². The minimum Gasteiger partial charge on any atom is -0.501 e. The zero-order valence-electron chi connectivity index (χ0n) is 8.88. The van der Waals surface area contributed by atoms with Crippen LogP contribution in [0.4, 0.5) is 0 Å². The number of hydrogen-bond acceptors (Lipinski definition) is 1. The van der Waals surface area contributed by atoms with Crippen molar-refractivity contribution in [1.29, 1.82) is 0 Å². The van der Waals surface area contributed by atoms with Gasteiger partial charge in [-0.2, -0.15) is 0 Å². The Kier molecular flexibility index (Phi) is 7.06. The molecule has 0 aliphatic heterocycles. The molecule has 0 amide bonds. The third kappa shape index (κ3) is 5.92. The largest absolute Gasteiger partial charge is 0.501 e. The summed E-state index contributed by atoms with van der Waals surface area (Å²) in [5, 5.41) is 0. The normalized spacial score (nSPS) is 17.5. The molecule has 0 saturated carbocycles. The number of hydrogen-bond donors (Lipinski definition) is 0.